The van der Waals surface area contributed by atoms with Gasteiger partial charge in [0.05, 0.1) is 6.61 Å². The minimum absolute atomic E-state index is 0.184. The first-order valence-corrected chi connectivity index (χ1v) is 4.91. The molecule has 0 fully saturated rings. The molecule has 0 aliphatic carbocycles. The third-order valence-electron chi connectivity index (χ3n) is 2.06. The van der Waals surface area contributed by atoms with Crippen molar-refractivity contribution >= 4 is 5.97 Å². The first kappa shape index (κ1) is 11.5. The topological polar surface area (TPSA) is 74.2 Å². The number of aromatic hydroxyl groups is 1. The molecule has 0 saturated heterocycles. The van der Waals surface area contributed by atoms with Gasteiger partial charge in [-0.25, -0.2) is 0 Å². The quantitative estimate of drug-likeness (QED) is 0.716. The molecule has 0 aliphatic heterocycles. The molecule has 4 nitrogen and oxygen atoms in total. The molecular weight excluding hydrogens is 194 g/mol. The second-order valence-corrected chi connectivity index (χ2v) is 3.30. The molecule has 0 saturated carbocycles. The predicted octanol–water partition coefficient (Wildman–Crippen LogP) is 0.628. The van der Waals surface area contributed by atoms with Crippen molar-refractivity contribution in [1.29, 1.82) is 0 Å². The lowest BCUT2D eigenvalue weighted by atomic mass is 10.0. The summed E-state index contributed by atoms with van der Waals surface area (Å²) >= 11 is 0. The molecule has 1 rings (SSSR count). The molecule has 0 aliphatic rings. The zero-order chi connectivity index (χ0) is 11.3. The lowest BCUT2D eigenvalue weighted by Gasteiger charge is -2.08. The summed E-state index contributed by atoms with van der Waals surface area (Å²) in [5.74, 6) is -0.0779. The number of hydrogen-bond donors (Lipinski definition) is 2. The Labute approximate surface area is 88.7 Å². The van der Waals surface area contributed by atoms with E-state index in [9.17, 15) is 9.90 Å². The van der Waals surface area contributed by atoms with Gasteiger partial charge in [-0.3, -0.25) is 4.79 Å². The van der Waals surface area contributed by atoms with Crippen LogP contribution in [0.4, 0.5) is 0 Å². The van der Waals surface area contributed by atoms with Crippen molar-refractivity contribution in [3.05, 3.63) is 29.8 Å². The second-order valence-electron chi connectivity index (χ2n) is 3.30. The minimum atomic E-state index is -0.263. The average molecular weight is 210 g/mol. The monoisotopic (exact) mass is 210 g/mol. The number of phenolic OH excluding ortho intramolecular Hbond substituents is 1. The van der Waals surface area contributed by atoms with Gasteiger partial charge >= 0.3 is 5.97 Å². The van der Waals surface area contributed by atoms with Crippen molar-refractivity contribution in [1.82, 2.24) is 0 Å². The van der Waals surface area contributed by atoms with Gasteiger partial charge in [0.25, 0.3) is 0 Å². The fourth-order valence-electron chi connectivity index (χ4n) is 1.32. The Morgan fingerprint density at radius 3 is 2.93 bits per heavy atom. The molecule has 1 aromatic rings. The number of quaternary nitrogens is 1. The van der Waals surface area contributed by atoms with Crippen molar-refractivity contribution < 1.29 is 20.4 Å². The largest absolute Gasteiger partial charge is 0.508 e. The lowest BCUT2D eigenvalue weighted by molar-refractivity contribution is -0.425. The number of carbonyl (C=O) groups is 1. The van der Waals surface area contributed by atoms with Crippen LogP contribution in [0.2, 0.25) is 0 Å². The fourth-order valence-corrected chi connectivity index (χ4v) is 1.32. The van der Waals surface area contributed by atoms with Crippen molar-refractivity contribution in [2.45, 2.75) is 19.4 Å². The molecule has 15 heavy (non-hydrogen) atoms. The Kier molecular flexibility index (Phi) is 4.12. The molecule has 4 heteroatoms. The first-order chi connectivity index (χ1) is 7.13. The highest BCUT2D eigenvalue weighted by atomic mass is 16.5. The molecule has 4 N–H and O–H groups in total. The molecule has 1 atom stereocenters. The average Bonchev–Trinajstić information content (AvgIpc) is 2.18. The number of hydrogen-bond acceptors (Lipinski definition) is 3. The van der Waals surface area contributed by atoms with E-state index in [1.807, 2.05) is 6.07 Å². The van der Waals surface area contributed by atoms with Crippen LogP contribution in [0.5, 0.6) is 5.75 Å². The third-order valence-corrected chi connectivity index (χ3v) is 2.06. The Balaban J connectivity index is 2.60. The Hall–Kier alpha value is -1.55. The van der Waals surface area contributed by atoms with Crippen LogP contribution in [-0.2, 0) is 9.53 Å². The van der Waals surface area contributed by atoms with E-state index in [-0.39, 0.29) is 24.2 Å². The summed E-state index contributed by atoms with van der Waals surface area (Å²) < 4.78 is 4.82. The van der Waals surface area contributed by atoms with E-state index in [2.05, 4.69) is 5.73 Å². The van der Waals surface area contributed by atoms with Crippen LogP contribution in [0.15, 0.2) is 24.3 Å². The highest BCUT2D eigenvalue weighted by Crippen LogP contribution is 2.17. The normalized spacial score (nSPS) is 12.1. The molecule has 0 unspecified atom stereocenters. The maximum Gasteiger partial charge on any atom is 0.312 e. The molecule has 0 spiro atoms. The summed E-state index contributed by atoms with van der Waals surface area (Å²) in [5.41, 5.74) is 4.70. The zero-order valence-corrected chi connectivity index (χ0v) is 8.77. The minimum Gasteiger partial charge on any atom is -0.508 e. The van der Waals surface area contributed by atoms with Gasteiger partial charge in [-0.2, -0.15) is 0 Å². The highest BCUT2D eigenvalue weighted by molar-refractivity contribution is 5.70. The van der Waals surface area contributed by atoms with E-state index in [1.165, 1.54) is 0 Å². The van der Waals surface area contributed by atoms with Gasteiger partial charge in [0, 0.05) is 5.56 Å². The predicted molar refractivity (Wildman–Crippen MR) is 55.0 cm³/mol. The van der Waals surface area contributed by atoms with Crippen molar-refractivity contribution in [3.8, 4) is 5.75 Å². The molecule has 0 bridgehead atoms. The van der Waals surface area contributed by atoms with Gasteiger partial charge in [-0.05, 0) is 19.1 Å². The molecule has 82 valence electrons. The van der Waals surface area contributed by atoms with Gasteiger partial charge in [0.2, 0.25) is 0 Å². The van der Waals surface area contributed by atoms with Gasteiger partial charge in [-0.15, -0.1) is 0 Å². The second kappa shape index (κ2) is 5.36. The molecule has 0 radical (unpaired) electrons. The first-order valence-electron chi connectivity index (χ1n) is 4.91. The number of phenols is 1. The lowest BCUT2D eigenvalue weighted by Crippen LogP contribution is -2.54. The summed E-state index contributed by atoms with van der Waals surface area (Å²) in [6.45, 7) is 2.15. The van der Waals surface area contributed by atoms with Crippen LogP contribution in [0.1, 0.15) is 24.9 Å². The number of rotatable bonds is 4. The Morgan fingerprint density at radius 1 is 1.60 bits per heavy atom. The summed E-state index contributed by atoms with van der Waals surface area (Å²) in [5, 5.41) is 9.26. The Morgan fingerprint density at radius 2 is 2.33 bits per heavy atom. The molecule has 1 aromatic carbocycles. The van der Waals surface area contributed by atoms with E-state index in [0.717, 1.165) is 5.56 Å². The number of ether oxygens (including phenoxy) is 1. The molecule has 0 heterocycles. The summed E-state index contributed by atoms with van der Waals surface area (Å²) in [6.07, 6.45) is 0.233. The summed E-state index contributed by atoms with van der Waals surface area (Å²) in [4.78, 5) is 11.2. The van der Waals surface area contributed by atoms with Crippen LogP contribution < -0.4 is 5.73 Å². The number of esters is 1. The van der Waals surface area contributed by atoms with Gasteiger partial charge in [0.1, 0.15) is 18.2 Å². The van der Waals surface area contributed by atoms with E-state index in [4.69, 9.17) is 4.74 Å². The number of benzene rings is 1. The summed E-state index contributed by atoms with van der Waals surface area (Å²) in [7, 11) is 0. The van der Waals surface area contributed by atoms with Crippen LogP contribution in [0.3, 0.4) is 0 Å². The molecule has 0 aromatic heterocycles. The fraction of sp³-hybridized carbons (Fsp3) is 0.364. The molecular formula is C11H16NO3+. The highest BCUT2D eigenvalue weighted by Gasteiger charge is 2.15. The van der Waals surface area contributed by atoms with Crippen molar-refractivity contribution in [3.63, 3.8) is 0 Å². The Bertz CT molecular complexity index is 338. The maximum absolute atomic E-state index is 11.2. The zero-order valence-electron chi connectivity index (χ0n) is 8.77. The van der Waals surface area contributed by atoms with Crippen LogP contribution in [0.25, 0.3) is 0 Å². The van der Waals surface area contributed by atoms with Crippen molar-refractivity contribution in [2.75, 3.05) is 6.61 Å². The van der Waals surface area contributed by atoms with E-state index >= 15 is 0 Å². The third kappa shape index (κ3) is 3.59. The SMILES string of the molecule is CCOC(=O)C[C@@H]([NH3+])c1cccc(O)c1. The van der Waals surface area contributed by atoms with E-state index in [0.29, 0.717) is 6.61 Å². The smallest absolute Gasteiger partial charge is 0.312 e. The molecule has 0 amide bonds. The van der Waals surface area contributed by atoms with Crippen LogP contribution in [-0.4, -0.2) is 17.7 Å². The maximum atomic E-state index is 11.2. The summed E-state index contributed by atoms with van der Waals surface area (Å²) in [6, 6.07) is 6.57. The van der Waals surface area contributed by atoms with Crippen LogP contribution >= 0.6 is 0 Å². The number of carbonyl (C=O) groups excluding carboxylic acids is 1. The van der Waals surface area contributed by atoms with Gasteiger partial charge in [0.15, 0.2) is 0 Å². The van der Waals surface area contributed by atoms with E-state index in [1.54, 1.807) is 25.1 Å². The standard InChI is InChI=1S/C11H15NO3/c1-2-15-11(14)7-10(12)8-4-3-5-9(13)6-8/h3-6,10,13H,2,7,12H2,1H3/p+1/t10-/m1/s1. The van der Waals surface area contributed by atoms with Crippen molar-refractivity contribution in [2.24, 2.45) is 0 Å². The van der Waals surface area contributed by atoms with Crippen LogP contribution in [0, 0.1) is 0 Å². The van der Waals surface area contributed by atoms with Gasteiger partial charge < -0.3 is 15.6 Å². The van der Waals surface area contributed by atoms with Gasteiger partial charge in [-0.1, -0.05) is 12.1 Å². The van der Waals surface area contributed by atoms with E-state index < -0.39 is 0 Å².